The van der Waals surface area contributed by atoms with Gasteiger partial charge in [-0.3, -0.25) is 5.32 Å². The van der Waals surface area contributed by atoms with Crippen molar-refractivity contribution in [2.24, 2.45) is 0 Å². The number of hydrogen-bond donors (Lipinski definition) is 2. The molecule has 24 heavy (non-hydrogen) atoms. The van der Waals surface area contributed by atoms with Gasteiger partial charge in [0.15, 0.2) is 0 Å². The summed E-state index contributed by atoms with van der Waals surface area (Å²) >= 11 is 3.34. The Kier molecular flexibility index (Phi) is 5.45. The van der Waals surface area contributed by atoms with E-state index in [0.717, 1.165) is 4.47 Å². The van der Waals surface area contributed by atoms with Gasteiger partial charge in [-0.1, -0.05) is 0 Å². The Morgan fingerprint density at radius 1 is 1.42 bits per heavy atom. The fourth-order valence-corrected chi connectivity index (χ4v) is 5.30. The van der Waals surface area contributed by atoms with Crippen LogP contribution >= 0.6 is 15.9 Å². The predicted molar refractivity (Wildman–Crippen MR) is 95.4 cm³/mol. The van der Waals surface area contributed by atoms with Crippen molar-refractivity contribution in [2.45, 2.75) is 31.4 Å². The number of sulfonamides is 1. The highest BCUT2D eigenvalue weighted by molar-refractivity contribution is 9.10. The number of rotatable bonds is 5. The Morgan fingerprint density at radius 2 is 2.17 bits per heavy atom. The highest BCUT2D eigenvalue weighted by atomic mass is 79.9. The van der Waals surface area contributed by atoms with Crippen LogP contribution in [0.5, 0.6) is 5.88 Å². The van der Waals surface area contributed by atoms with Crippen LogP contribution in [-0.2, 0) is 10.0 Å². The van der Waals surface area contributed by atoms with E-state index in [4.69, 9.17) is 4.74 Å². The van der Waals surface area contributed by atoms with Crippen LogP contribution in [0.2, 0.25) is 0 Å². The Bertz CT molecular complexity index is 654. The molecule has 134 valence electrons. The van der Waals surface area contributed by atoms with E-state index in [-0.39, 0.29) is 11.9 Å². The lowest BCUT2D eigenvalue weighted by molar-refractivity contribution is 0.129. The molecular weight excluding hydrogens is 396 g/mol. The summed E-state index contributed by atoms with van der Waals surface area (Å²) in [5.41, 5.74) is -0.395. The molecule has 1 aromatic heterocycles. The molecular formula is C15H23BrN4O3S. The van der Waals surface area contributed by atoms with E-state index in [1.165, 1.54) is 0 Å². The summed E-state index contributed by atoms with van der Waals surface area (Å²) in [6, 6.07) is 3.69. The van der Waals surface area contributed by atoms with Crippen molar-refractivity contribution in [3.63, 3.8) is 0 Å². The highest BCUT2D eigenvalue weighted by Crippen LogP contribution is 2.22. The van der Waals surface area contributed by atoms with Crippen molar-refractivity contribution in [3.8, 4) is 5.88 Å². The van der Waals surface area contributed by atoms with Crippen molar-refractivity contribution in [1.82, 2.24) is 19.9 Å². The topological polar surface area (TPSA) is 83.6 Å². The zero-order valence-electron chi connectivity index (χ0n) is 13.7. The number of halogens is 1. The number of aromatic nitrogens is 1. The molecule has 0 spiro atoms. The average Bonchev–Trinajstić information content (AvgIpc) is 2.95. The summed E-state index contributed by atoms with van der Waals surface area (Å²) < 4.78 is 33.6. The molecule has 2 saturated heterocycles. The molecule has 3 rings (SSSR count). The van der Waals surface area contributed by atoms with Crippen molar-refractivity contribution in [1.29, 1.82) is 0 Å². The van der Waals surface area contributed by atoms with Crippen LogP contribution in [0.3, 0.4) is 0 Å². The van der Waals surface area contributed by atoms with Crippen LogP contribution in [-0.4, -0.2) is 61.4 Å². The first-order valence-electron chi connectivity index (χ1n) is 8.08. The molecule has 0 aliphatic carbocycles. The van der Waals surface area contributed by atoms with Crippen LogP contribution in [0.25, 0.3) is 0 Å². The lowest BCUT2D eigenvalue weighted by Gasteiger charge is -2.33. The van der Waals surface area contributed by atoms with Crippen molar-refractivity contribution < 1.29 is 13.2 Å². The van der Waals surface area contributed by atoms with E-state index in [1.807, 2.05) is 19.1 Å². The molecule has 9 heteroatoms. The summed E-state index contributed by atoms with van der Waals surface area (Å²) in [5, 5.41) is 6.37. The second-order valence-electron chi connectivity index (χ2n) is 6.63. The van der Waals surface area contributed by atoms with Crippen LogP contribution in [0.15, 0.2) is 22.8 Å². The summed E-state index contributed by atoms with van der Waals surface area (Å²) in [7, 11) is -3.27. The maximum Gasteiger partial charge on any atom is 0.215 e. The molecule has 0 aromatic carbocycles. The van der Waals surface area contributed by atoms with Gasteiger partial charge in [-0.05, 0) is 41.8 Å². The highest BCUT2D eigenvalue weighted by Gasteiger charge is 2.37. The fourth-order valence-electron chi connectivity index (χ4n) is 3.10. The van der Waals surface area contributed by atoms with Gasteiger partial charge in [0.05, 0.1) is 5.75 Å². The van der Waals surface area contributed by atoms with Crippen LogP contribution in [0.4, 0.5) is 0 Å². The minimum atomic E-state index is -3.27. The molecule has 2 aliphatic heterocycles. The largest absolute Gasteiger partial charge is 0.474 e. The van der Waals surface area contributed by atoms with Gasteiger partial charge >= 0.3 is 0 Å². The normalized spacial score (nSPS) is 26.6. The number of hydrogen-bond acceptors (Lipinski definition) is 6. The first-order valence-corrected chi connectivity index (χ1v) is 10.5. The quantitative estimate of drug-likeness (QED) is 0.739. The molecule has 7 nitrogen and oxygen atoms in total. The van der Waals surface area contributed by atoms with Gasteiger partial charge in [0.2, 0.25) is 15.9 Å². The Balaban J connectivity index is 1.53. The lowest BCUT2D eigenvalue weighted by Crippen LogP contribution is -2.51. The molecule has 0 amide bonds. The van der Waals surface area contributed by atoms with Crippen molar-refractivity contribution in [2.75, 3.05) is 32.1 Å². The Labute approximate surface area is 151 Å². The van der Waals surface area contributed by atoms with Gasteiger partial charge in [-0.25, -0.2) is 17.7 Å². The molecule has 2 N–H and O–H groups in total. The monoisotopic (exact) mass is 418 g/mol. The molecule has 0 unspecified atom stereocenters. The zero-order chi connectivity index (χ0) is 17.2. The SMILES string of the molecule is C[C@@]1(CS(=O)(=O)N2CCC(Oc3ccc(Br)cn3)CC2)CNCN1. The molecule has 2 aliphatic rings. The van der Waals surface area contributed by atoms with E-state index in [1.54, 1.807) is 10.5 Å². The van der Waals surface area contributed by atoms with Crippen LogP contribution in [0.1, 0.15) is 19.8 Å². The van der Waals surface area contributed by atoms with Gasteiger partial charge in [-0.2, -0.15) is 0 Å². The van der Waals surface area contributed by atoms with Gasteiger partial charge in [-0.15, -0.1) is 0 Å². The van der Waals surface area contributed by atoms with Gasteiger partial charge in [0.1, 0.15) is 6.10 Å². The first-order chi connectivity index (χ1) is 11.4. The second-order valence-corrected chi connectivity index (χ2v) is 9.51. The van der Waals surface area contributed by atoms with E-state index in [0.29, 0.717) is 45.0 Å². The molecule has 3 heterocycles. The first kappa shape index (κ1) is 18.1. The number of pyridine rings is 1. The predicted octanol–water partition coefficient (Wildman–Crippen LogP) is 0.926. The third-order valence-corrected chi connectivity index (χ3v) is 7.06. The number of nitrogens with one attached hydrogen (secondary N) is 2. The van der Waals surface area contributed by atoms with Gasteiger partial charge in [0, 0.05) is 48.6 Å². The molecule has 0 saturated carbocycles. The van der Waals surface area contributed by atoms with Crippen molar-refractivity contribution >= 4 is 26.0 Å². The molecule has 1 aromatic rings. The molecule has 2 fully saturated rings. The molecule has 1 atom stereocenters. The zero-order valence-corrected chi connectivity index (χ0v) is 16.1. The molecule has 0 bridgehead atoms. The van der Waals surface area contributed by atoms with E-state index in [2.05, 4.69) is 31.5 Å². The fraction of sp³-hybridized carbons (Fsp3) is 0.667. The Morgan fingerprint density at radius 3 is 2.75 bits per heavy atom. The number of nitrogens with zero attached hydrogens (tertiary/aromatic N) is 2. The summed E-state index contributed by atoms with van der Waals surface area (Å²) in [6.07, 6.45) is 3.06. The molecule has 0 radical (unpaired) electrons. The second kappa shape index (κ2) is 7.25. The summed E-state index contributed by atoms with van der Waals surface area (Å²) in [5.74, 6) is 0.695. The summed E-state index contributed by atoms with van der Waals surface area (Å²) in [4.78, 5) is 4.20. The third-order valence-electron chi connectivity index (χ3n) is 4.44. The maximum absolute atomic E-state index is 12.6. The standard InChI is InChI=1S/C15H23BrN4O3S/c1-15(9-17-11-19-15)10-24(21,22)20-6-4-13(5-7-20)23-14-3-2-12(16)8-18-14/h2-3,8,13,17,19H,4-7,9-11H2,1H3/t15-/m0/s1. The van der Waals surface area contributed by atoms with E-state index >= 15 is 0 Å². The average molecular weight is 419 g/mol. The minimum Gasteiger partial charge on any atom is -0.474 e. The van der Waals surface area contributed by atoms with Gasteiger partial charge in [0.25, 0.3) is 0 Å². The van der Waals surface area contributed by atoms with Crippen LogP contribution < -0.4 is 15.4 Å². The smallest absolute Gasteiger partial charge is 0.215 e. The maximum atomic E-state index is 12.6. The van der Waals surface area contributed by atoms with Gasteiger partial charge < -0.3 is 10.1 Å². The third kappa shape index (κ3) is 4.45. The minimum absolute atomic E-state index is 0.00647. The Hall–Kier alpha value is -0.740. The summed E-state index contributed by atoms with van der Waals surface area (Å²) in [6.45, 7) is 4.25. The van der Waals surface area contributed by atoms with E-state index in [9.17, 15) is 8.42 Å². The van der Waals surface area contributed by atoms with Crippen molar-refractivity contribution in [3.05, 3.63) is 22.8 Å². The number of ether oxygens (including phenoxy) is 1. The number of piperidine rings is 1. The van der Waals surface area contributed by atoms with Crippen LogP contribution in [0, 0.1) is 0 Å². The van der Waals surface area contributed by atoms with E-state index < -0.39 is 15.6 Å². The lowest BCUT2D eigenvalue weighted by atomic mass is 10.1.